The molecule has 22 heavy (non-hydrogen) atoms. The highest BCUT2D eigenvalue weighted by molar-refractivity contribution is 6.15. The number of hydrogen-bond donors (Lipinski definition) is 4. The predicted molar refractivity (Wildman–Crippen MR) is 79.6 cm³/mol. The minimum absolute atomic E-state index is 0.108. The summed E-state index contributed by atoms with van der Waals surface area (Å²) in [7, 11) is 0. The minimum atomic E-state index is -0.902. The van der Waals surface area contributed by atoms with Gasteiger partial charge in [-0.1, -0.05) is 30.3 Å². The second-order valence-corrected chi connectivity index (χ2v) is 5.18. The summed E-state index contributed by atoms with van der Waals surface area (Å²) in [6, 6.07) is 6.84. The van der Waals surface area contributed by atoms with Crippen LogP contribution in [0.15, 0.2) is 36.9 Å². The smallest absolute Gasteiger partial charge is 0.205 e. The summed E-state index contributed by atoms with van der Waals surface area (Å²) >= 11 is 0. The largest absolute Gasteiger partial charge is 0.504 e. The molecule has 1 atom stereocenters. The van der Waals surface area contributed by atoms with E-state index in [1.807, 2.05) is 0 Å². The van der Waals surface area contributed by atoms with Gasteiger partial charge in [0.1, 0.15) is 0 Å². The number of rotatable bonds is 2. The summed E-state index contributed by atoms with van der Waals surface area (Å²) in [6.07, 6.45) is 2.02. The molecule has 4 N–H and O–H groups in total. The second-order valence-electron chi connectivity index (χ2n) is 5.18. The van der Waals surface area contributed by atoms with Gasteiger partial charge in [-0.2, -0.15) is 0 Å². The molecular formula is C17H14O5. The van der Waals surface area contributed by atoms with Crippen LogP contribution in [0.4, 0.5) is 0 Å². The summed E-state index contributed by atoms with van der Waals surface area (Å²) in [6.45, 7) is 3.67. The van der Waals surface area contributed by atoms with Crippen molar-refractivity contribution in [1.82, 2.24) is 0 Å². The van der Waals surface area contributed by atoms with Crippen molar-refractivity contribution in [3.05, 3.63) is 59.2 Å². The van der Waals surface area contributed by atoms with Gasteiger partial charge in [-0.25, -0.2) is 0 Å². The molecule has 1 aliphatic rings. The van der Waals surface area contributed by atoms with Crippen molar-refractivity contribution in [3.63, 3.8) is 0 Å². The zero-order valence-electron chi connectivity index (χ0n) is 11.6. The lowest BCUT2D eigenvalue weighted by Crippen LogP contribution is -2.19. The number of phenolic OH excluding ortho intramolecular Hbond substituents is 4. The molecule has 0 radical (unpaired) electrons. The lowest BCUT2D eigenvalue weighted by molar-refractivity contribution is 0.102. The Morgan fingerprint density at radius 3 is 2.32 bits per heavy atom. The van der Waals surface area contributed by atoms with Crippen LogP contribution in [-0.2, 0) is 0 Å². The molecule has 0 bridgehead atoms. The molecule has 5 heteroatoms. The number of allylic oxidation sites excluding steroid dienone is 1. The first-order chi connectivity index (χ1) is 10.5. The first-order valence-electron chi connectivity index (χ1n) is 6.73. The third-order valence-corrected chi connectivity index (χ3v) is 3.99. The van der Waals surface area contributed by atoms with E-state index < -0.39 is 34.7 Å². The molecule has 2 aromatic carbocycles. The number of hydrogen-bond acceptors (Lipinski definition) is 5. The van der Waals surface area contributed by atoms with Gasteiger partial charge < -0.3 is 20.4 Å². The van der Waals surface area contributed by atoms with Crippen molar-refractivity contribution in [2.75, 3.05) is 0 Å². The number of aromatic hydroxyl groups is 4. The Hall–Kier alpha value is -2.95. The highest BCUT2D eigenvalue weighted by Crippen LogP contribution is 2.54. The highest BCUT2D eigenvalue weighted by Gasteiger charge is 2.37. The number of carbonyl (C=O) groups excluding carboxylic acids is 1. The molecule has 0 aliphatic heterocycles. The molecule has 2 aromatic rings. The van der Waals surface area contributed by atoms with E-state index in [0.717, 1.165) is 0 Å². The van der Waals surface area contributed by atoms with Crippen LogP contribution in [0.25, 0.3) is 0 Å². The molecular weight excluding hydrogens is 284 g/mol. The number of carbonyl (C=O) groups is 1. The zero-order valence-corrected chi connectivity index (χ0v) is 11.6. The summed E-state index contributed by atoms with van der Waals surface area (Å²) in [4.78, 5) is 12.6. The monoisotopic (exact) mass is 298 g/mol. The molecule has 0 fully saturated rings. The van der Waals surface area contributed by atoms with Gasteiger partial charge in [0.15, 0.2) is 17.3 Å². The minimum Gasteiger partial charge on any atom is -0.504 e. The van der Waals surface area contributed by atoms with Gasteiger partial charge >= 0.3 is 0 Å². The topological polar surface area (TPSA) is 98.0 Å². The maximum absolute atomic E-state index is 12.6. The Balaban J connectivity index is 2.42. The Bertz CT molecular complexity index is 807. The standard InChI is InChI=1S/C17H14O5/c1-2-5-9-8-6-3-4-7-10(8)13(18)12-11(9)14(19)16(21)17(22)15(12)20/h2-4,6-7,9,19-22H,1,5H2. The van der Waals surface area contributed by atoms with Crippen molar-refractivity contribution in [2.24, 2.45) is 0 Å². The molecule has 1 unspecified atom stereocenters. The van der Waals surface area contributed by atoms with Crippen molar-refractivity contribution in [3.8, 4) is 23.0 Å². The van der Waals surface area contributed by atoms with Gasteiger partial charge in [0.25, 0.3) is 0 Å². The van der Waals surface area contributed by atoms with Gasteiger partial charge in [0, 0.05) is 17.0 Å². The van der Waals surface area contributed by atoms with E-state index in [-0.39, 0.29) is 11.1 Å². The summed E-state index contributed by atoms with van der Waals surface area (Å²) in [5, 5.41) is 39.7. The van der Waals surface area contributed by atoms with Crippen LogP contribution in [0, 0.1) is 0 Å². The molecule has 0 aromatic heterocycles. The summed E-state index contributed by atoms with van der Waals surface area (Å²) in [5.41, 5.74) is 0.996. The lowest BCUT2D eigenvalue weighted by Gasteiger charge is -2.28. The van der Waals surface area contributed by atoms with E-state index in [0.29, 0.717) is 17.5 Å². The molecule has 112 valence electrons. The van der Waals surface area contributed by atoms with Crippen LogP contribution < -0.4 is 0 Å². The fourth-order valence-corrected chi connectivity index (χ4v) is 2.99. The van der Waals surface area contributed by atoms with Crippen molar-refractivity contribution in [1.29, 1.82) is 0 Å². The van der Waals surface area contributed by atoms with Crippen molar-refractivity contribution >= 4 is 5.78 Å². The van der Waals surface area contributed by atoms with Crippen LogP contribution in [0.2, 0.25) is 0 Å². The average Bonchev–Trinajstić information content (AvgIpc) is 2.53. The van der Waals surface area contributed by atoms with E-state index in [4.69, 9.17) is 0 Å². The summed E-state index contributed by atoms with van der Waals surface area (Å²) < 4.78 is 0. The van der Waals surface area contributed by atoms with Crippen LogP contribution in [0.1, 0.15) is 39.4 Å². The van der Waals surface area contributed by atoms with Gasteiger partial charge in [-0.3, -0.25) is 4.79 Å². The van der Waals surface area contributed by atoms with Gasteiger partial charge in [0.2, 0.25) is 11.5 Å². The Morgan fingerprint density at radius 1 is 1.00 bits per heavy atom. The van der Waals surface area contributed by atoms with Gasteiger partial charge in [0.05, 0.1) is 5.56 Å². The average molecular weight is 298 g/mol. The van der Waals surface area contributed by atoms with Gasteiger partial charge in [-0.15, -0.1) is 6.58 Å². The lowest BCUT2D eigenvalue weighted by atomic mass is 9.75. The van der Waals surface area contributed by atoms with Crippen molar-refractivity contribution < 1.29 is 25.2 Å². The second kappa shape index (κ2) is 4.80. The van der Waals surface area contributed by atoms with Crippen LogP contribution in [-0.4, -0.2) is 26.2 Å². The Labute approximate surface area is 126 Å². The molecule has 0 amide bonds. The normalized spacial score (nSPS) is 16.0. The van der Waals surface area contributed by atoms with E-state index in [2.05, 4.69) is 6.58 Å². The van der Waals surface area contributed by atoms with Crippen LogP contribution in [0.3, 0.4) is 0 Å². The summed E-state index contributed by atoms with van der Waals surface area (Å²) in [5.74, 6) is -4.01. The molecule has 0 heterocycles. The third kappa shape index (κ3) is 1.69. The number of ketones is 1. The maximum Gasteiger partial charge on any atom is 0.205 e. The quantitative estimate of drug-likeness (QED) is 0.388. The van der Waals surface area contributed by atoms with Crippen LogP contribution >= 0.6 is 0 Å². The molecule has 5 nitrogen and oxygen atoms in total. The molecule has 1 aliphatic carbocycles. The predicted octanol–water partition coefficient (Wildman–Crippen LogP) is 2.76. The third-order valence-electron chi connectivity index (χ3n) is 3.99. The number of phenols is 4. The molecule has 0 saturated heterocycles. The first-order valence-corrected chi connectivity index (χ1v) is 6.73. The van der Waals surface area contributed by atoms with Crippen LogP contribution in [0.5, 0.6) is 23.0 Å². The van der Waals surface area contributed by atoms with E-state index in [1.165, 1.54) is 0 Å². The van der Waals surface area contributed by atoms with E-state index in [1.54, 1.807) is 30.3 Å². The molecule has 0 spiro atoms. The first kappa shape index (κ1) is 14.0. The SMILES string of the molecule is C=CCC1c2ccccc2C(=O)c2c(O)c(O)c(O)c(O)c21. The van der Waals surface area contributed by atoms with E-state index >= 15 is 0 Å². The Kier molecular flexibility index (Phi) is 3.06. The Morgan fingerprint density at radius 2 is 1.64 bits per heavy atom. The number of benzene rings is 2. The van der Waals surface area contributed by atoms with Gasteiger partial charge in [-0.05, 0) is 12.0 Å². The maximum atomic E-state index is 12.6. The fourth-order valence-electron chi connectivity index (χ4n) is 2.99. The zero-order chi connectivity index (χ0) is 16.0. The molecule has 3 rings (SSSR count). The molecule has 0 saturated carbocycles. The van der Waals surface area contributed by atoms with Crippen molar-refractivity contribution in [2.45, 2.75) is 12.3 Å². The highest BCUT2D eigenvalue weighted by atomic mass is 16.3. The van der Waals surface area contributed by atoms with E-state index in [9.17, 15) is 25.2 Å². The fraction of sp³-hybridized carbons (Fsp3) is 0.118. The number of fused-ring (bicyclic) bond motifs is 2.